The van der Waals surface area contributed by atoms with Crippen molar-refractivity contribution in [2.24, 2.45) is 17.4 Å². The highest BCUT2D eigenvalue weighted by molar-refractivity contribution is 6.35. The molecule has 0 bridgehead atoms. The number of ether oxygens (including phenoxy) is 1. The second kappa shape index (κ2) is 13.6. The van der Waals surface area contributed by atoms with Gasteiger partial charge in [-0.05, 0) is 94.2 Å². The molecule has 7 nitrogen and oxygen atoms in total. The lowest BCUT2D eigenvalue weighted by atomic mass is 10.0. The molecule has 1 atom stereocenters. The number of rotatable bonds is 7. The Kier molecular flexibility index (Phi) is 10.2. The molecule has 0 aliphatic carbocycles. The number of hydrogen-bond donors (Lipinski definition) is 2. The third-order valence-electron chi connectivity index (χ3n) is 7.26. The molecule has 1 unspecified atom stereocenters. The fraction of sp³-hybridized carbons (Fsp3) is 0.483. The minimum Gasteiger partial charge on any atom is -0.423 e. The second-order valence-electron chi connectivity index (χ2n) is 10.6. The van der Waals surface area contributed by atoms with Gasteiger partial charge < -0.3 is 26.0 Å². The van der Waals surface area contributed by atoms with E-state index in [4.69, 9.17) is 44.4 Å². The van der Waals surface area contributed by atoms with Crippen LogP contribution in [0.5, 0.6) is 5.88 Å². The number of halogens is 2. The van der Waals surface area contributed by atoms with E-state index in [2.05, 4.69) is 34.7 Å². The maximum atomic E-state index is 6.35. The molecular formula is C29H40Cl2N6O. The van der Waals surface area contributed by atoms with Gasteiger partial charge in [0.25, 0.3) is 0 Å². The van der Waals surface area contributed by atoms with Gasteiger partial charge in [-0.15, -0.1) is 0 Å². The van der Waals surface area contributed by atoms with Gasteiger partial charge in [0.2, 0.25) is 5.88 Å². The van der Waals surface area contributed by atoms with Crippen molar-refractivity contribution < 1.29 is 4.74 Å². The zero-order valence-corrected chi connectivity index (χ0v) is 24.0. The number of pyridine rings is 1. The zero-order valence-electron chi connectivity index (χ0n) is 22.5. The summed E-state index contributed by atoms with van der Waals surface area (Å²) in [5.74, 6) is 2.09. The predicted octanol–water partition coefficient (Wildman–Crippen LogP) is 5.29. The van der Waals surface area contributed by atoms with Gasteiger partial charge in [-0.25, -0.2) is 4.98 Å². The number of likely N-dealkylation sites (tertiary alicyclic amines) is 1. The minimum atomic E-state index is 0.225. The van der Waals surface area contributed by atoms with Crippen molar-refractivity contribution in [3.05, 3.63) is 69.8 Å². The summed E-state index contributed by atoms with van der Waals surface area (Å²) in [4.78, 5) is 11.7. The molecule has 3 heterocycles. The number of likely N-dealkylation sites (N-methyl/N-ethyl adjacent to an activating group) is 1. The molecule has 0 saturated carbocycles. The number of benzene rings is 1. The van der Waals surface area contributed by atoms with Crippen LogP contribution in [0.1, 0.15) is 38.2 Å². The molecule has 4 N–H and O–H groups in total. The van der Waals surface area contributed by atoms with Gasteiger partial charge in [0, 0.05) is 53.9 Å². The van der Waals surface area contributed by atoms with E-state index in [1.807, 2.05) is 18.2 Å². The monoisotopic (exact) mass is 558 g/mol. The van der Waals surface area contributed by atoms with Gasteiger partial charge in [0.15, 0.2) is 5.88 Å². The Morgan fingerprint density at radius 1 is 0.947 bits per heavy atom. The largest absolute Gasteiger partial charge is 0.423 e. The fourth-order valence-corrected chi connectivity index (χ4v) is 5.55. The Balaban J connectivity index is 1.55. The SMILES string of the molecule is CC1CCCN(Cc2cc(O/C(N)=C/C=C(\N)N3CCCN(C)CC3)nc(-c3cc(Cl)cc(Cl)c3)c2)CC1. The van der Waals surface area contributed by atoms with Crippen LogP contribution in [0.4, 0.5) is 0 Å². The molecule has 1 aromatic heterocycles. The summed E-state index contributed by atoms with van der Waals surface area (Å²) in [5.41, 5.74) is 15.3. The highest BCUT2D eigenvalue weighted by Crippen LogP contribution is 2.29. The first-order valence-electron chi connectivity index (χ1n) is 13.5. The predicted molar refractivity (Wildman–Crippen MR) is 157 cm³/mol. The summed E-state index contributed by atoms with van der Waals surface area (Å²) in [5, 5.41) is 1.12. The topological polar surface area (TPSA) is 83.9 Å². The average Bonchev–Trinajstić information content (AvgIpc) is 3.21. The van der Waals surface area contributed by atoms with Crippen LogP contribution in [0, 0.1) is 5.92 Å². The van der Waals surface area contributed by atoms with Crippen LogP contribution in [-0.2, 0) is 6.54 Å². The number of nitrogens with zero attached hydrogens (tertiary/aromatic N) is 4. The van der Waals surface area contributed by atoms with E-state index >= 15 is 0 Å². The number of hydrogen-bond acceptors (Lipinski definition) is 7. The third kappa shape index (κ3) is 8.53. The molecule has 2 aromatic rings. The zero-order chi connectivity index (χ0) is 27.1. The maximum Gasteiger partial charge on any atom is 0.222 e. The van der Waals surface area contributed by atoms with Crippen LogP contribution in [0.2, 0.25) is 10.0 Å². The molecule has 2 aliphatic rings. The van der Waals surface area contributed by atoms with E-state index in [0.717, 1.165) is 75.0 Å². The number of allylic oxidation sites excluding steroid dienone is 2. The molecule has 0 spiro atoms. The molecule has 1 aromatic carbocycles. The van der Waals surface area contributed by atoms with Crippen molar-refractivity contribution in [2.75, 3.05) is 46.3 Å². The lowest BCUT2D eigenvalue weighted by molar-refractivity contribution is 0.273. The molecule has 2 saturated heterocycles. The van der Waals surface area contributed by atoms with Crippen molar-refractivity contribution in [1.29, 1.82) is 0 Å². The van der Waals surface area contributed by atoms with Crippen molar-refractivity contribution in [1.82, 2.24) is 19.7 Å². The molecule has 2 fully saturated rings. The summed E-state index contributed by atoms with van der Waals surface area (Å²) >= 11 is 12.6. The highest BCUT2D eigenvalue weighted by Gasteiger charge is 2.16. The maximum absolute atomic E-state index is 6.35. The van der Waals surface area contributed by atoms with Crippen LogP contribution in [0.25, 0.3) is 11.3 Å². The van der Waals surface area contributed by atoms with Crippen LogP contribution < -0.4 is 16.2 Å². The van der Waals surface area contributed by atoms with Gasteiger partial charge in [0.05, 0.1) is 11.5 Å². The Labute approximate surface area is 237 Å². The summed E-state index contributed by atoms with van der Waals surface area (Å²) in [6.07, 6.45) is 8.28. The Bertz CT molecular complexity index is 1130. The first-order chi connectivity index (χ1) is 18.2. The summed E-state index contributed by atoms with van der Waals surface area (Å²) in [6.45, 7) is 9.17. The van der Waals surface area contributed by atoms with E-state index in [1.54, 1.807) is 18.2 Å². The van der Waals surface area contributed by atoms with Crippen molar-refractivity contribution in [3.8, 4) is 17.1 Å². The van der Waals surface area contributed by atoms with E-state index < -0.39 is 0 Å². The van der Waals surface area contributed by atoms with Crippen molar-refractivity contribution in [3.63, 3.8) is 0 Å². The highest BCUT2D eigenvalue weighted by atomic mass is 35.5. The first-order valence-corrected chi connectivity index (χ1v) is 14.2. The average molecular weight is 560 g/mol. The summed E-state index contributed by atoms with van der Waals surface area (Å²) in [6, 6.07) is 9.47. The molecule has 9 heteroatoms. The Morgan fingerprint density at radius 3 is 2.53 bits per heavy atom. The van der Waals surface area contributed by atoms with Crippen molar-refractivity contribution in [2.45, 2.75) is 39.2 Å². The molecule has 2 aliphatic heterocycles. The molecule has 206 valence electrons. The molecule has 4 rings (SSSR count). The number of nitrogens with two attached hydrogens (primary N) is 2. The van der Waals surface area contributed by atoms with E-state index in [-0.39, 0.29) is 5.88 Å². The van der Waals surface area contributed by atoms with E-state index in [9.17, 15) is 0 Å². The normalized spacial score (nSPS) is 20.7. The fourth-order valence-electron chi connectivity index (χ4n) is 5.02. The number of aromatic nitrogens is 1. The van der Waals surface area contributed by atoms with E-state index in [1.165, 1.54) is 19.3 Å². The lowest BCUT2D eigenvalue weighted by Crippen LogP contribution is -2.31. The van der Waals surface area contributed by atoms with Crippen LogP contribution in [0.3, 0.4) is 0 Å². The van der Waals surface area contributed by atoms with E-state index in [0.29, 0.717) is 21.7 Å². The quantitative estimate of drug-likeness (QED) is 0.352. The minimum absolute atomic E-state index is 0.225. The van der Waals surface area contributed by atoms with Gasteiger partial charge >= 0.3 is 0 Å². The van der Waals surface area contributed by atoms with Gasteiger partial charge in [-0.3, -0.25) is 4.90 Å². The Morgan fingerprint density at radius 2 is 1.74 bits per heavy atom. The summed E-state index contributed by atoms with van der Waals surface area (Å²) in [7, 11) is 2.13. The smallest absolute Gasteiger partial charge is 0.222 e. The van der Waals surface area contributed by atoms with Gasteiger partial charge in [-0.1, -0.05) is 30.1 Å². The van der Waals surface area contributed by atoms with Crippen LogP contribution >= 0.6 is 23.2 Å². The van der Waals surface area contributed by atoms with Crippen LogP contribution in [0.15, 0.2) is 54.2 Å². The van der Waals surface area contributed by atoms with Crippen LogP contribution in [-0.4, -0.2) is 66.0 Å². The van der Waals surface area contributed by atoms with Gasteiger partial charge in [-0.2, -0.15) is 0 Å². The second-order valence-corrected chi connectivity index (χ2v) is 11.4. The Hall–Kier alpha value is -2.45. The molecule has 0 radical (unpaired) electrons. The summed E-state index contributed by atoms with van der Waals surface area (Å²) < 4.78 is 6.00. The molecular weight excluding hydrogens is 519 g/mol. The first kappa shape index (κ1) is 28.6. The van der Waals surface area contributed by atoms with Gasteiger partial charge in [0.1, 0.15) is 0 Å². The lowest BCUT2D eigenvalue weighted by Gasteiger charge is -2.22. The standard InChI is InChI=1S/C29H40Cl2N6O/c1-21-5-3-10-36(12-8-21)20-22-15-26(23-17-24(30)19-25(31)18-23)34-29(16-22)38-28(33)7-6-27(32)37-11-4-9-35(2)13-14-37/h6-7,15-19,21H,3-5,8-14,20,32-33H2,1-2H3/b27-6+,28-7+. The third-order valence-corrected chi connectivity index (χ3v) is 7.70. The molecule has 38 heavy (non-hydrogen) atoms. The van der Waals surface area contributed by atoms with Crippen molar-refractivity contribution >= 4 is 23.2 Å². The molecule has 0 amide bonds.